The lowest BCUT2D eigenvalue weighted by Crippen LogP contribution is -2.42. The van der Waals surface area contributed by atoms with Crippen LogP contribution in [0.5, 0.6) is 0 Å². The smallest absolute Gasteiger partial charge is 0.410 e. The number of aliphatic imine (C=N–C) groups is 1. The summed E-state index contributed by atoms with van der Waals surface area (Å²) in [5.74, 6) is 0. The Hall–Kier alpha value is -1.63. The van der Waals surface area contributed by atoms with E-state index in [1.807, 2.05) is 33.1 Å². The fourth-order valence-corrected chi connectivity index (χ4v) is 2.59. The molecule has 1 aliphatic heterocycles. The van der Waals surface area contributed by atoms with Crippen LogP contribution in [0.2, 0.25) is 0 Å². The maximum absolute atomic E-state index is 12.0. The number of hydrogen-bond acceptors (Lipinski definition) is 6. The van der Waals surface area contributed by atoms with Gasteiger partial charge in [0.05, 0.1) is 11.7 Å². The molecule has 0 aliphatic carbocycles. The van der Waals surface area contributed by atoms with Crippen molar-refractivity contribution >= 4 is 24.1 Å². The van der Waals surface area contributed by atoms with Crippen LogP contribution in [0.3, 0.4) is 0 Å². The highest BCUT2D eigenvalue weighted by molar-refractivity contribution is 7.98. The van der Waals surface area contributed by atoms with Gasteiger partial charge < -0.3 is 9.64 Å². The third-order valence-corrected chi connectivity index (χ3v) is 3.93. The Bertz CT molecular complexity index is 563. The molecule has 1 aliphatic rings. The molecule has 0 atom stereocenters. The lowest BCUT2D eigenvalue weighted by molar-refractivity contribution is 0.0207. The number of likely N-dealkylation sites (tertiary alicyclic amines) is 1. The first-order valence-corrected chi connectivity index (χ1v) is 8.98. The van der Waals surface area contributed by atoms with Crippen molar-refractivity contribution < 1.29 is 9.53 Å². The molecule has 7 heteroatoms. The van der Waals surface area contributed by atoms with Crippen molar-refractivity contribution in [2.24, 2.45) is 4.99 Å². The fraction of sp³-hybridized carbons (Fsp3) is 0.625. The molecule has 126 valence electrons. The van der Waals surface area contributed by atoms with E-state index in [0.29, 0.717) is 13.1 Å². The maximum Gasteiger partial charge on any atom is 0.410 e. The van der Waals surface area contributed by atoms with E-state index < -0.39 is 5.60 Å². The van der Waals surface area contributed by atoms with Crippen LogP contribution >= 0.6 is 11.8 Å². The number of carbonyl (C=O) groups excluding carboxylic acids is 1. The second-order valence-electron chi connectivity index (χ2n) is 6.44. The Morgan fingerprint density at radius 2 is 2.13 bits per heavy atom. The minimum Gasteiger partial charge on any atom is -0.444 e. The van der Waals surface area contributed by atoms with Crippen molar-refractivity contribution in [1.29, 1.82) is 0 Å². The molecule has 1 fully saturated rings. The lowest BCUT2D eigenvalue weighted by atomic mass is 10.1. The van der Waals surface area contributed by atoms with E-state index >= 15 is 0 Å². The summed E-state index contributed by atoms with van der Waals surface area (Å²) < 4.78 is 5.40. The summed E-state index contributed by atoms with van der Waals surface area (Å²) in [6.07, 6.45) is 6.94. The number of nitrogens with zero attached hydrogens (tertiary/aromatic N) is 4. The molecule has 0 aromatic carbocycles. The van der Waals surface area contributed by atoms with Crippen LogP contribution in [0.25, 0.3) is 0 Å². The fourth-order valence-electron chi connectivity index (χ4n) is 2.23. The standard InChI is InChI=1S/C16H24N4O2S/c1-16(2,3)22-15(21)20-9-6-12(7-10-20)18-11-13-5-8-17-14(19-13)23-4/h5,8,11-12H,6-7,9-10H2,1-4H3. The van der Waals surface area contributed by atoms with E-state index in [0.717, 1.165) is 23.7 Å². The summed E-state index contributed by atoms with van der Waals surface area (Å²) in [5.41, 5.74) is 0.368. The lowest BCUT2D eigenvalue weighted by Gasteiger charge is -2.32. The monoisotopic (exact) mass is 336 g/mol. The van der Waals surface area contributed by atoms with Crippen LogP contribution < -0.4 is 0 Å². The van der Waals surface area contributed by atoms with Crippen LogP contribution in [0, 0.1) is 0 Å². The van der Waals surface area contributed by atoms with Crippen LogP contribution in [-0.2, 0) is 4.74 Å². The Morgan fingerprint density at radius 3 is 2.74 bits per heavy atom. The molecule has 23 heavy (non-hydrogen) atoms. The van der Waals surface area contributed by atoms with Crippen LogP contribution in [0.4, 0.5) is 4.79 Å². The molecule has 1 amide bonds. The molecule has 0 bridgehead atoms. The predicted molar refractivity (Wildman–Crippen MR) is 92.2 cm³/mol. The largest absolute Gasteiger partial charge is 0.444 e. The number of piperidine rings is 1. The normalized spacial score (nSPS) is 16.8. The van der Waals surface area contributed by atoms with Gasteiger partial charge in [0.15, 0.2) is 5.16 Å². The molecule has 1 aromatic rings. The molecular weight excluding hydrogens is 312 g/mol. The van der Waals surface area contributed by atoms with Crippen molar-refractivity contribution in [1.82, 2.24) is 14.9 Å². The molecule has 0 unspecified atom stereocenters. The average molecular weight is 336 g/mol. The Balaban J connectivity index is 1.84. The molecule has 6 nitrogen and oxygen atoms in total. The zero-order valence-electron chi connectivity index (χ0n) is 14.2. The number of amides is 1. The van der Waals surface area contributed by atoms with Gasteiger partial charge in [0, 0.05) is 25.5 Å². The van der Waals surface area contributed by atoms with Gasteiger partial charge in [0.2, 0.25) is 0 Å². The number of ether oxygens (including phenoxy) is 1. The van der Waals surface area contributed by atoms with Crippen molar-refractivity contribution in [3.05, 3.63) is 18.0 Å². The second kappa shape index (κ2) is 7.77. The van der Waals surface area contributed by atoms with Gasteiger partial charge in [-0.3, -0.25) is 4.99 Å². The van der Waals surface area contributed by atoms with E-state index in [9.17, 15) is 4.79 Å². The van der Waals surface area contributed by atoms with Gasteiger partial charge in [0.25, 0.3) is 0 Å². The van der Waals surface area contributed by atoms with Gasteiger partial charge in [-0.2, -0.15) is 0 Å². The van der Waals surface area contributed by atoms with E-state index in [1.165, 1.54) is 11.8 Å². The molecular formula is C16H24N4O2S. The van der Waals surface area contributed by atoms with Gasteiger partial charge in [0.1, 0.15) is 5.60 Å². The first-order valence-electron chi connectivity index (χ1n) is 7.75. The Kier molecular flexibility index (Phi) is 5.98. The van der Waals surface area contributed by atoms with E-state index in [2.05, 4.69) is 15.0 Å². The van der Waals surface area contributed by atoms with Gasteiger partial charge in [-0.25, -0.2) is 14.8 Å². The SMILES string of the molecule is CSc1nccc(C=NC2CCN(C(=O)OC(C)(C)C)CC2)n1. The van der Waals surface area contributed by atoms with Crippen LogP contribution in [0.15, 0.2) is 22.4 Å². The molecule has 0 N–H and O–H groups in total. The third kappa shape index (κ3) is 5.82. The molecule has 1 aromatic heterocycles. The topological polar surface area (TPSA) is 67.7 Å². The first kappa shape index (κ1) is 17.7. The van der Waals surface area contributed by atoms with E-state index in [-0.39, 0.29) is 12.1 Å². The summed E-state index contributed by atoms with van der Waals surface area (Å²) in [4.78, 5) is 26.9. The Labute approximate surface area is 141 Å². The van der Waals surface area contributed by atoms with E-state index in [4.69, 9.17) is 4.74 Å². The van der Waals surface area contributed by atoms with Gasteiger partial charge in [-0.05, 0) is 45.9 Å². The second-order valence-corrected chi connectivity index (χ2v) is 7.22. The molecule has 0 spiro atoms. The Morgan fingerprint density at radius 1 is 1.43 bits per heavy atom. The average Bonchev–Trinajstić information content (AvgIpc) is 2.52. The number of aromatic nitrogens is 2. The summed E-state index contributed by atoms with van der Waals surface area (Å²) in [6.45, 7) is 7.00. The molecule has 0 saturated carbocycles. The maximum atomic E-state index is 12.0. The van der Waals surface area contributed by atoms with Crippen LogP contribution in [0.1, 0.15) is 39.3 Å². The molecule has 2 heterocycles. The minimum absolute atomic E-state index is 0.224. The summed E-state index contributed by atoms with van der Waals surface area (Å²) >= 11 is 1.51. The third-order valence-electron chi connectivity index (χ3n) is 3.37. The zero-order valence-corrected chi connectivity index (χ0v) is 15.0. The zero-order chi connectivity index (χ0) is 16.9. The van der Waals surface area contributed by atoms with Crippen molar-refractivity contribution in [3.63, 3.8) is 0 Å². The summed E-state index contributed by atoms with van der Waals surface area (Å²) in [5, 5.41) is 0.744. The van der Waals surface area contributed by atoms with Gasteiger partial charge >= 0.3 is 6.09 Å². The minimum atomic E-state index is -0.450. The highest BCUT2D eigenvalue weighted by Crippen LogP contribution is 2.17. The number of carbonyl (C=O) groups is 1. The van der Waals surface area contributed by atoms with Gasteiger partial charge in [-0.15, -0.1) is 0 Å². The molecule has 2 rings (SSSR count). The highest BCUT2D eigenvalue weighted by atomic mass is 32.2. The number of rotatable bonds is 3. The van der Waals surface area contributed by atoms with Crippen molar-refractivity contribution in [2.45, 2.75) is 50.4 Å². The van der Waals surface area contributed by atoms with Gasteiger partial charge in [-0.1, -0.05) is 11.8 Å². The van der Waals surface area contributed by atoms with E-state index in [1.54, 1.807) is 17.3 Å². The quantitative estimate of drug-likeness (QED) is 0.482. The first-order chi connectivity index (χ1) is 10.9. The number of thioether (sulfide) groups is 1. The number of hydrogen-bond donors (Lipinski definition) is 0. The van der Waals surface area contributed by atoms with Crippen molar-refractivity contribution in [2.75, 3.05) is 19.3 Å². The predicted octanol–water partition coefficient (Wildman–Crippen LogP) is 3.02. The molecule has 0 radical (unpaired) electrons. The highest BCUT2D eigenvalue weighted by Gasteiger charge is 2.26. The summed E-state index contributed by atoms with van der Waals surface area (Å²) in [6, 6.07) is 2.07. The molecule has 1 saturated heterocycles. The van der Waals surface area contributed by atoms with Crippen molar-refractivity contribution in [3.8, 4) is 0 Å². The summed E-state index contributed by atoms with van der Waals surface area (Å²) in [7, 11) is 0. The van der Waals surface area contributed by atoms with Crippen LogP contribution in [-0.4, -0.2) is 58.2 Å².